The zero-order valence-electron chi connectivity index (χ0n) is 18.7. The fourth-order valence-corrected chi connectivity index (χ4v) is 4.62. The van der Waals surface area contributed by atoms with E-state index >= 15 is 0 Å². The number of hydrogen-bond donors (Lipinski definition) is 3. The van der Waals surface area contributed by atoms with Crippen molar-refractivity contribution in [3.63, 3.8) is 0 Å². The van der Waals surface area contributed by atoms with E-state index < -0.39 is 0 Å². The predicted octanol–water partition coefficient (Wildman–Crippen LogP) is 4.02. The minimum Gasteiger partial charge on any atom is -0.361 e. The standard InChI is InChI=1S/C25H32N4O2/c1-16-4-5-22-21(12-16)20(15-27-22)6-9-26-23(30)14-19-7-10-29(11-8-19)25(31)24-17(2)13-18(3)28-24/h4-5,12-13,15,19,27-28H,6-11,14H2,1-3H3,(H,26,30). The molecule has 0 atom stereocenters. The Bertz CT molecular complexity index is 1090. The minimum atomic E-state index is 0.0717. The lowest BCUT2D eigenvalue weighted by atomic mass is 9.93. The highest BCUT2D eigenvalue weighted by Gasteiger charge is 2.26. The molecular weight excluding hydrogens is 388 g/mol. The highest BCUT2D eigenvalue weighted by Crippen LogP contribution is 2.23. The fourth-order valence-electron chi connectivity index (χ4n) is 4.62. The van der Waals surface area contributed by atoms with Crippen LogP contribution in [0.3, 0.4) is 0 Å². The van der Waals surface area contributed by atoms with Gasteiger partial charge in [-0.15, -0.1) is 0 Å². The van der Waals surface area contributed by atoms with Gasteiger partial charge in [0.05, 0.1) is 0 Å². The van der Waals surface area contributed by atoms with Crippen LogP contribution in [0.15, 0.2) is 30.5 Å². The van der Waals surface area contributed by atoms with Crippen LogP contribution < -0.4 is 5.32 Å². The summed E-state index contributed by atoms with van der Waals surface area (Å²) >= 11 is 0. The van der Waals surface area contributed by atoms with Gasteiger partial charge in [-0.2, -0.15) is 0 Å². The first-order valence-electron chi connectivity index (χ1n) is 11.2. The molecule has 2 amide bonds. The first-order chi connectivity index (χ1) is 14.9. The number of nitrogens with one attached hydrogen (secondary N) is 3. The first kappa shape index (κ1) is 21.2. The largest absolute Gasteiger partial charge is 0.361 e. The summed E-state index contributed by atoms with van der Waals surface area (Å²) in [6.45, 7) is 8.09. The van der Waals surface area contributed by atoms with Crippen LogP contribution in [-0.2, 0) is 11.2 Å². The number of likely N-dealkylation sites (tertiary alicyclic amines) is 1. The van der Waals surface area contributed by atoms with E-state index in [0.29, 0.717) is 37.7 Å². The van der Waals surface area contributed by atoms with E-state index in [2.05, 4.69) is 40.4 Å². The second-order valence-corrected chi connectivity index (χ2v) is 8.91. The number of rotatable bonds is 6. The van der Waals surface area contributed by atoms with Gasteiger partial charge in [-0.25, -0.2) is 0 Å². The average Bonchev–Trinajstić information content (AvgIpc) is 3.30. The molecule has 3 N–H and O–H groups in total. The van der Waals surface area contributed by atoms with Crippen LogP contribution in [0.4, 0.5) is 0 Å². The van der Waals surface area contributed by atoms with E-state index in [1.165, 1.54) is 16.5 Å². The number of amides is 2. The fraction of sp³-hybridized carbons (Fsp3) is 0.440. The van der Waals surface area contributed by atoms with Gasteiger partial charge in [-0.3, -0.25) is 9.59 Å². The number of aryl methyl sites for hydroxylation is 3. The van der Waals surface area contributed by atoms with Crippen molar-refractivity contribution in [2.45, 2.75) is 46.5 Å². The lowest BCUT2D eigenvalue weighted by Gasteiger charge is -2.31. The zero-order valence-corrected chi connectivity index (χ0v) is 18.7. The Morgan fingerprint density at radius 2 is 1.90 bits per heavy atom. The van der Waals surface area contributed by atoms with Crippen molar-refractivity contribution in [2.75, 3.05) is 19.6 Å². The molecule has 0 saturated carbocycles. The predicted molar refractivity (Wildman–Crippen MR) is 123 cm³/mol. The molecule has 1 aromatic carbocycles. The van der Waals surface area contributed by atoms with Crippen LogP contribution in [0.2, 0.25) is 0 Å². The summed E-state index contributed by atoms with van der Waals surface area (Å²) in [6, 6.07) is 8.39. The summed E-state index contributed by atoms with van der Waals surface area (Å²) in [4.78, 5) is 33.6. The third kappa shape index (κ3) is 4.84. The summed E-state index contributed by atoms with van der Waals surface area (Å²) in [6.07, 6.45) is 5.14. The maximum atomic E-state index is 12.7. The number of hydrogen-bond acceptors (Lipinski definition) is 2. The van der Waals surface area contributed by atoms with Crippen molar-refractivity contribution in [2.24, 2.45) is 5.92 Å². The molecule has 1 fully saturated rings. The number of carbonyl (C=O) groups is 2. The summed E-state index contributed by atoms with van der Waals surface area (Å²) in [7, 11) is 0. The quantitative estimate of drug-likeness (QED) is 0.563. The third-order valence-electron chi connectivity index (χ3n) is 6.38. The normalized spacial score (nSPS) is 14.9. The van der Waals surface area contributed by atoms with Gasteiger partial charge in [-0.1, -0.05) is 11.6 Å². The van der Waals surface area contributed by atoms with Crippen LogP contribution in [0.25, 0.3) is 10.9 Å². The van der Waals surface area contributed by atoms with E-state index in [1.807, 2.05) is 31.0 Å². The van der Waals surface area contributed by atoms with Gasteiger partial charge in [0.15, 0.2) is 0 Å². The maximum Gasteiger partial charge on any atom is 0.270 e. The number of carbonyl (C=O) groups excluding carboxylic acids is 2. The van der Waals surface area contributed by atoms with E-state index in [-0.39, 0.29) is 11.8 Å². The van der Waals surface area contributed by atoms with Gasteiger partial charge < -0.3 is 20.2 Å². The number of nitrogens with zero attached hydrogens (tertiary/aromatic N) is 1. The topological polar surface area (TPSA) is 81.0 Å². The number of aromatic amines is 2. The van der Waals surface area contributed by atoms with Crippen molar-refractivity contribution >= 4 is 22.7 Å². The monoisotopic (exact) mass is 420 g/mol. The number of H-pyrrole nitrogens is 2. The van der Waals surface area contributed by atoms with Crippen molar-refractivity contribution in [3.05, 3.63) is 58.5 Å². The molecule has 6 heteroatoms. The van der Waals surface area contributed by atoms with Gasteiger partial charge in [0.25, 0.3) is 5.91 Å². The minimum absolute atomic E-state index is 0.0717. The molecule has 3 aromatic rings. The Labute approximate surface area is 183 Å². The molecule has 0 spiro atoms. The molecule has 1 aliphatic heterocycles. The molecular formula is C25H32N4O2. The first-order valence-corrected chi connectivity index (χ1v) is 11.2. The molecule has 0 radical (unpaired) electrons. The van der Waals surface area contributed by atoms with Gasteiger partial charge >= 0.3 is 0 Å². The van der Waals surface area contributed by atoms with E-state index in [1.54, 1.807) is 0 Å². The van der Waals surface area contributed by atoms with Crippen molar-refractivity contribution in [1.29, 1.82) is 0 Å². The van der Waals surface area contributed by atoms with Gasteiger partial charge in [-0.05, 0) is 75.3 Å². The average molecular weight is 421 g/mol. The van der Waals surface area contributed by atoms with Crippen molar-refractivity contribution in [1.82, 2.24) is 20.2 Å². The highest BCUT2D eigenvalue weighted by molar-refractivity contribution is 5.94. The second-order valence-electron chi connectivity index (χ2n) is 8.91. The van der Waals surface area contributed by atoms with Gasteiger partial charge in [0.2, 0.25) is 5.91 Å². The zero-order chi connectivity index (χ0) is 22.0. The van der Waals surface area contributed by atoms with E-state index in [4.69, 9.17) is 0 Å². The molecule has 6 nitrogen and oxygen atoms in total. The Balaban J connectivity index is 1.21. The summed E-state index contributed by atoms with van der Waals surface area (Å²) in [5.74, 6) is 0.519. The van der Waals surface area contributed by atoms with Crippen molar-refractivity contribution in [3.8, 4) is 0 Å². The number of piperidine rings is 1. The van der Waals surface area contributed by atoms with Gasteiger partial charge in [0, 0.05) is 48.8 Å². The molecule has 0 aliphatic carbocycles. The Kier molecular flexibility index (Phi) is 6.16. The third-order valence-corrected chi connectivity index (χ3v) is 6.38. The Morgan fingerprint density at radius 3 is 2.61 bits per heavy atom. The maximum absolute atomic E-state index is 12.7. The van der Waals surface area contributed by atoms with Crippen LogP contribution in [0.1, 0.15) is 52.1 Å². The molecule has 4 rings (SSSR count). The smallest absolute Gasteiger partial charge is 0.270 e. The highest BCUT2D eigenvalue weighted by atomic mass is 16.2. The van der Waals surface area contributed by atoms with Gasteiger partial charge in [0.1, 0.15) is 5.69 Å². The molecule has 164 valence electrons. The van der Waals surface area contributed by atoms with E-state index in [0.717, 1.165) is 36.0 Å². The molecule has 31 heavy (non-hydrogen) atoms. The SMILES string of the molecule is Cc1ccc2[nH]cc(CCNC(=O)CC3CCN(C(=O)c4[nH]c(C)cc4C)CC3)c2c1. The summed E-state index contributed by atoms with van der Waals surface area (Å²) < 4.78 is 0. The van der Waals surface area contributed by atoms with Crippen LogP contribution in [-0.4, -0.2) is 46.3 Å². The Hall–Kier alpha value is -3.02. The molecule has 2 aromatic heterocycles. The molecule has 0 unspecified atom stereocenters. The molecule has 1 aliphatic rings. The van der Waals surface area contributed by atoms with Crippen LogP contribution >= 0.6 is 0 Å². The molecule has 3 heterocycles. The van der Waals surface area contributed by atoms with Crippen LogP contribution in [0, 0.1) is 26.7 Å². The number of benzene rings is 1. The molecule has 0 bridgehead atoms. The van der Waals surface area contributed by atoms with Crippen LogP contribution in [0.5, 0.6) is 0 Å². The lowest BCUT2D eigenvalue weighted by molar-refractivity contribution is -0.122. The Morgan fingerprint density at radius 1 is 1.13 bits per heavy atom. The molecule has 1 saturated heterocycles. The lowest BCUT2D eigenvalue weighted by Crippen LogP contribution is -2.40. The second kappa shape index (κ2) is 9.00. The number of aromatic nitrogens is 2. The number of fused-ring (bicyclic) bond motifs is 1. The van der Waals surface area contributed by atoms with Crippen molar-refractivity contribution < 1.29 is 9.59 Å². The van der Waals surface area contributed by atoms with E-state index in [9.17, 15) is 9.59 Å². The summed E-state index contributed by atoms with van der Waals surface area (Å²) in [5, 5.41) is 4.31. The summed E-state index contributed by atoms with van der Waals surface area (Å²) in [5.41, 5.74) is 6.31.